The van der Waals surface area contributed by atoms with Crippen molar-refractivity contribution in [3.63, 3.8) is 0 Å². The van der Waals surface area contributed by atoms with Crippen LogP contribution >= 0.6 is 0 Å². The Morgan fingerprint density at radius 1 is 1.15 bits per heavy atom. The van der Waals surface area contributed by atoms with Gasteiger partial charge in [0.15, 0.2) is 5.75 Å². The number of carbonyl (C=O) groups is 1. The lowest BCUT2D eigenvalue weighted by molar-refractivity contribution is 0.145. The Hall–Kier alpha value is -4.73. The summed E-state index contributed by atoms with van der Waals surface area (Å²) in [5, 5.41) is 23.0. The van der Waals surface area contributed by atoms with Gasteiger partial charge in [-0.15, -0.1) is 10.2 Å². The standard InChI is InChI=1S/C24H20N6O4/c1-2-33-23-25-19-8-5-9-20(34-24(31)32)21(19)30(23)14-15-10-12-16(13-11-15)17-6-3-4-7-18(17)22-26-28-29-27-22/h3-13H,2,14H2,1H3,(H,31,32)(H,26,27,28,29)/i10D,11D,12D,13D,14D2. The molecule has 10 nitrogen and oxygen atoms in total. The van der Waals surface area contributed by atoms with Crippen LogP contribution in [0.25, 0.3) is 33.5 Å². The molecule has 0 aliphatic heterocycles. The SMILES string of the molecule is [2H]c1c([2H])c(C([2H])([2H])n2c(OCC)nc3cccc(OC(=O)O)c32)c([2H])c([2H])c1-c1ccccc1-c1nn[nH]n1. The predicted octanol–water partition coefficient (Wildman–Crippen LogP) is 4.39. The smallest absolute Gasteiger partial charge is 0.465 e. The maximum Gasteiger partial charge on any atom is 0.511 e. The zero-order valence-electron chi connectivity index (χ0n) is 23.7. The van der Waals surface area contributed by atoms with E-state index in [-0.39, 0.29) is 46.4 Å². The van der Waals surface area contributed by atoms with Crippen LogP contribution in [0.15, 0.2) is 66.6 Å². The zero-order valence-corrected chi connectivity index (χ0v) is 17.7. The molecule has 0 saturated heterocycles. The lowest BCUT2D eigenvalue weighted by atomic mass is 9.98. The Kier molecular flexibility index (Phi) is 4.03. The van der Waals surface area contributed by atoms with Crippen LogP contribution in [0.1, 0.15) is 20.7 Å². The number of hydrogen-bond donors (Lipinski definition) is 2. The molecule has 10 heteroatoms. The van der Waals surface area contributed by atoms with Gasteiger partial charge in [-0.05, 0) is 41.0 Å². The summed E-state index contributed by atoms with van der Waals surface area (Å²) in [5.74, 6) is -0.0858. The van der Waals surface area contributed by atoms with E-state index < -0.39 is 42.4 Å². The maximum absolute atomic E-state index is 11.4. The van der Waals surface area contributed by atoms with E-state index in [2.05, 4.69) is 25.6 Å². The number of rotatable bonds is 7. The van der Waals surface area contributed by atoms with Crippen LogP contribution in [0.2, 0.25) is 0 Å². The first-order valence-corrected chi connectivity index (χ1v) is 10.1. The van der Waals surface area contributed by atoms with E-state index in [1.54, 1.807) is 31.2 Å². The predicted molar refractivity (Wildman–Crippen MR) is 124 cm³/mol. The van der Waals surface area contributed by atoms with Crippen molar-refractivity contribution in [2.75, 3.05) is 6.61 Å². The van der Waals surface area contributed by atoms with Crippen molar-refractivity contribution in [3.8, 4) is 34.3 Å². The Balaban J connectivity index is 1.79. The molecule has 0 spiro atoms. The molecule has 34 heavy (non-hydrogen) atoms. The van der Waals surface area contributed by atoms with E-state index in [1.165, 1.54) is 18.2 Å². The first-order chi connectivity index (χ1) is 19.1. The molecule has 0 saturated carbocycles. The molecule has 0 aliphatic carbocycles. The Morgan fingerprint density at radius 2 is 1.94 bits per heavy atom. The molecule has 0 aliphatic rings. The number of benzene rings is 3. The molecule has 2 N–H and O–H groups in total. The van der Waals surface area contributed by atoms with Gasteiger partial charge >= 0.3 is 6.16 Å². The number of nitrogens with one attached hydrogen (secondary N) is 1. The van der Waals surface area contributed by atoms with Crippen molar-refractivity contribution in [1.82, 2.24) is 30.2 Å². The number of imidazole rings is 1. The number of aromatic amines is 1. The Bertz CT molecular complexity index is 1730. The molecule has 170 valence electrons. The minimum absolute atomic E-state index is 0.0647. The van der Waals surface area contributed by atoms with Crippen molar-refractivity contribution in [2.24, 2.45) is 0 Å². The minimum atomic E-state index is -2.82. The van der Waals surface area contributed by atoms with Crippen molar-refractivity contribution >= 4 is 17.2 Å². The van der Waals surface area contributed by atoms with Gasteiger partial charge in [0, 0.05) is 5.56 Å². The second-order valence-corrected chi connectivity index (χ2v) is 6.80. The number of aromatic nitrogens is 6. The summed E-state index contributed by atoms with van der Waals surface area (Å²) in [6, 6.07) is 8.19. The second-order valence-electron chi connectivity index (χ2n) is 6.80. The molecule has 0 radical (unpaired) electrons. The highest BCUT2D eigenvalue weighted by Crippen LogP contribution is 2.32. The van der Waals surface area contributed by atoms with Crippen LogP contribution in [0, 0.1) is 0 Å². The van der Waals surface area contributed by atoms with Crippen molar-refractivity contribution in [2.45, 2.75) is 13.4 Å². The highest BCUT2D eigenvalue weighted by molar-refractivity contribution is 5.85. The second kappa shape index (κ2) is 9.02. The van der Waals surface area contributed by atoms with Gasteiger partial charge in [0.05, 0.1) is 26.8 Å². The molecule has 0 unspecified atom stereocenters. The van der Waals surface area contributed by atoms with Gasteiger partial charge in [-0.25, -0.2) is 4.79 Å². The lowest BCUT2D eigenvalue weighted by Gasteiger charge is -2.12. The van der Waals surface area contributed by atoms with E-state index in [0.29, 0.717) is 5.56 Å². The van der Waals surface area contributed by atoms with Gasteiger partial charge in [0.2, 0.25) is 5.82 Å². The molecule has 0 atom stereocenters. The van der Waals surface area contributed by atoms with Gasteiger partial charge in [-0.2, -0.15) is 10.2 Å². The Morgan fingerprint density at radius 3 is 2.65 bits per heavy atom. The number of tetrazole rings is 1. The first-order valence-electron chi connectivity index (χ1n) is 13.1. The zero-order chi connectivity index (χ0) is 28.8. The minimum Gasteiger partial charge on any atom is -0.465 e. The maximum atomic E-state index is 11.4. The number of H-pyrrole nitrogens is 1. The summed E-state index contributed by atoms with van der Waals surface area (Å²) in [4.78, 5) is 15.6. The van der Waals surface area contributed by atoms with Crippen LogP contribution in [-0.4, -0.2) is 48.0 Å². The molecule has 0 bridgehead atoms. The fourth-order valence-corrected chi connectivity index (χ4v) is 3.37. The van der Waals surface area contributed by atoms with Crippen molar-refractivity contribution in [1.29, 1.82) is 0 Å². The number of para-hydroxylation sites is 1. The summed E-state index contributed by atoms with van der Waals surface area (Å²) in [6.45, 7) is -1.11. The summed E-state index contributed by atoms with van der Waals surface area (Å²) < 4.78 is 64.6. The largest absolute Gasteiger partial charge is 0.511 e. The quantitative estimate of drug-likeness (QED) is 0.269. The monoisotopic (exact) mass is 462 g/mol. The molecule has 5 rings (SSSR count). The van der Waals surface area contributed by atoms with E-state index in [0.717, 1.165) is 4.57 Å². The molecule has 2 aromatic heterocycles. The van der Waals surface area contributed by atoms with Crippen LogP contribution < -0.4 is 9.47 Å². The van der Waals surface area contributed by atoms with Gasteiger partial charge < -0.3 is 14.6 Å². The molecule has 3 aromatic carbocycles. The molecular weight excluding hydrogens is 436 g/mol. The van der Waals surface area contributed by atoms with Crippen molar-refractivity contribution in [3.05, 3.63) is 72.2 Å². The third kappa shape index (κ3) is 4.04. The van der Waals surface area contributed by atoms with E-state index in [9.17, 15) is 9.90 Å². The number of hydrogen-bond acceptors (Lipinski definition) is 7. The van der Waals surface area contributed by atoms with Gasteiger partial charge in [0.1, 0.15) is 5.52 Å². The molecule has 2 heterocycles. The summed E-state index contributed by atoms with van der Waals surface area (Å²) in [6.07, 6.45) is -1.65. The third-order valence-corrected chi connectivity index (χ3v) is 4.71. The number of fused-ring (bicyclic) bond motifs is 1. The number of ether oxygens (including phenoxy) is 2. The Labute approximate surface area is 202 Å². The van der Waals surface area contributed by atoms with Crippen LogP contribution in [0.5, 0.6) is 11.8 Å². The summed E-state index contributed by atoms with van der Waals surface area (Å²) in [5.41, 5.74) is -0.0106. The number of carboxylic acid groups (broad SMARTS) is 1. The van der Waals surface area contributed by atoms with Gasteiger partial charge in [-0.1, -0.05) is 54.5 Å². The molecule has 0 amide bonds. The molecule has 5 aromatic rings. The normalized spacial score (nSPS) is 13.9. The van der Waals surface area contributed by atoms with Crippen LogP contribution in [-0.2, 0) is 6.50 Å². The topological polar surface area (TPSA) is 128 Å². The van der Waals surface area contributed by atoms with Crippen LogP contribution in [0.3, 0.4) is 0 Å². The first kappa shape index (κ1) is 15.2. The highest BCUT2D eigenvalue weighted by Gasteiger charge is 2.18. The van der Waals surface area contributed by atoms with E-state index >= 15 is 0 Å². The van der Waals surface area contributed by atoms with Gasteiger partial charge in [0.25, 0.3) is 6.01 Å². The fourth-order valence-electron chi connectivity index (χ4n) is 3.37. The highest BCUT2D eigenvalue weighted by atomic mass is 16.7. The average molecular weight is 462 g/mol. The van der Waals surface area contributed by atoms with Crippen molar-refractivity contribution < 1.29 is 27.6 Å². The third-order valence-electron chi connectivity index (χ3n) is 4.71. The number of nitrogens with zero attached hydrogens (tertiary/aromatic N) is 5. The van der Waals surface area contributed by atoms with E-state index in [1.807, 2.05) is 0 Å². The average Bonchev–Trinajstić information content (AvgIpc) is 3.57. The van der Waals surface area contributed by atoms with E-state index in [4.69, 9.17) is 17.7 Å². The lowest BCUT2D eigenvalue weighted by Crippen LogP contribution is -2.08. The summed E-state index contributed by atoms with van der Waals surface area (Å²) >= 11 is 0. The molecular formula is C24H20N6O4. The fraction of sp³-hybridized carbons (Fsp3) is 0.125. The van der Waals surface area contributed by atoms with Gasteiger partial charge in [-0.3, -0.25) is 4.57 Å². The summed E-state index contributed by atoms with van der Waals surface area (Å²) in [7, 11) is 0. The molecule has 0 fully saturated rings. The van der Waals surface area contributed by atoms with Crippen LogP contribution in [0.4, 0.5) is 4.79 Å².